The molecular formula is C42H87N3O. The van der Waals surface area contributed by atoms with Crippen LogP contribution in [0, 0.1) is 5.92 Å². The highest BCUT2D eigenvalue weighted by atomic mass is 16.2. The summed E-state index contributed by atoms with van der Waals surface area (Å²) in [5.74, 6) is 0.763. The third-order valence-corrected chi connectivity index (χ3v) is 10.2. The standard InChI is InChI=1S/C42H87N3O/c1-7-11-15-19-20-26-34-41(33-25-16-12-8-2)42(46)45(39-31-18-14-10-4)40-32-24-23-30-38-44(6)37-29-22-21-28-36-43(5)35-27-17-13-9-3/h41H,7-40H2,1-6H3. The van der Waals surface area contributed by atoms with Gasteiger partial charge in [0, 0.05) is 19.0 Å². The average molecular weight is 650 g/mol. The van der Waals surface area contributed by atoms with Crippen molar-refractivity contribution in [2.24, 2.45) is 5.92 Å². The molecule has 4 heteroatoms. The summed E-state index contributed by atoms with van der Waals surface area (Å²) in [6.07, 6.45) is 36.2. The highest BCUT2D eigenvalue weighted by Crippen LogP contribution is 2.22. The van der Waals surface area contributed by atoms with Gasteiger partial charge >= 0.3 is 0 Å². The number of hydrogen-bond acceptors (Lipinski definition) is 3. The van der Waals surface area contributed by atoms with E-state index < -0.39 is 0 Å². The molecule has 0 aliphatic rings. The van der Waals surface area contributed by atoms with Gasteiger partial charge in [0.05, 0.1) is 0 Å². The molecule has 0 saturated carbocycles. The van der Waals surface area contributed by atoms with Crippen LogP contribution in [0.15, 0.2) is 0 Å². The number of carbonyl (C=O) groups excluding carboxylic acids is 1. The zero-order valence-corrected chi connectivity index (χ0v) is 32.9. The van der Waals surface area contributed by atoms with E-state index in [4.69, 9.17) is 0 Å². The SMILES string of the molecule is CCCCCCCCC(CCCCCC)C(=O)N(CCCCCC)CCCCCCN(C)CCCCCCN(C)CCCCCC. The molecule has 0 aromatic heterocycles. The summed E-state index contributed by atoms with van der Waals surface area (Å²) in [4.78, 5) is 21.3. The van der Waals surface area contributed by atoms with Crippen molar-refractivity contribution < 1.29 is 4.79 Å². The van der Waals surface area contributed by atoms with E-state index in [1.54, 1.807) is 0 Å². The van der Waals surface area contributed by atoms with Gasteiger partial charge in [-0.15, -0.1) is 0 Å². The minimum atomic E-state index is 0.263. The Morgan fingerprint density at radius 3 is 1.00 bits per heavy atom. The van der Waals surface area contributed by atoms with Crippen molar-refractivity contribution in [3.63, 3.8) is 0 Å². The molecule has 0 spiro atoms. The summed E-state index contributed by atoms with van der Waals surface area (Å²) in [5, 5.41) is 0. The normalized spacial score (nSPS) is 12.4. The number of rotatable bonds is 37. The van der Waals surface area contributed by atoms with Crippen LogP contribution in [-0.4, -0.2) is 74.0 Å². The van der Waals surface area contributed by atoms with Crippen molar-refractivity contribution in [1.29, 1.82) is 0 Å². The molecule has 0 N–H and O–H groups in total. The first-order valence-electron chi connectivity index (χ1n) is 21.2. The maximum atomic E-state index is 13.9. The third-order valence-electron chi connectivity index (χ3n) is 10.2. The Morgan fingerprint density at radius 1 is 0.370 bits per heavy atom. The second-order valence-electron chi connectivity index (χ2n) is 15.0. The van der Waals surface area contributed by atoms with Crippen molar-refractivity contribution >= 4 is 5.91 Å². The first-order valence-corrected chi connectivity index (χ1v) is 21.2. The lowest BCUT2D eigenvalue weighted by Gasteiger charge is -2.28. The summed E-state index contributed by atoms with van der Waals surface area (Å²) >= 11 is 0. The van der Waals surface area contributed by atoms with Crippen LogP contribution in [0.5, 0.6) is 0 Å². The molecule has 1 atom stereocenters. The Balaban J connectivity index is 4.40. The Hall–Kier alpha value is -0.610. The lowest BCUT2D eigenvalue weighted by molar-refractivity contribution is -0.136. The second kappa shape index (κ2) is 35.7. The molecule has 0 rings (SSSR count). The van der Waals surface area contributed by atoms with Gasteiger partial charge in [-0.05, 0) is 91.6 Å². The number of nitrogens with zero attached hydrogens (tertiary/aromatic N) is 3. The Morgan fingerprint density at radius 2 is 0.630 bits per heavy atom. The van der Waals surface area contributed by atoms with Crippen LogP contribution in [-0.2, 0) is 4.79 Å². The van der Waals surface area contributed by atoms with Gasteiger partial charge in [-0.1, -0.05) is 156 Å². The average Bonchev–Trinajstić information content (AvgIpc) is 3.05. The molecule has 0 aromatic rings. The highest BCUT2D eigenvalue weighted by Gasteiger charge is 2.23. The minimum absolute atomic E-state index is 0.263. The van der Waals surface area contributed by atoms with Gasteiger partial charge in [-0.3, -0.25) is 4.79 Å². The van der Waals surface area contributed by atoms with Crippen LogP contribution < -0.4 is 0 Å². The van der Waals surface area contributed by atoms with E-state index in [9.17, 15) is 4.79 Å². The quantitative estimate of drug-likeness (QED) is 0.0627. The van der Waals surface area contributed by atoms with Crippen LogP contribution in [0.4, 0.5) is 0 Å². The molecule has 0 radical (unpaired) electrons. The minimum Gasteiger partial charge on any atom is -0.342 e. The highest BCUT2D eigenvalue weighted by molar-refractivity contribution is 5.78. The summed E-state index contributed by atoms with van der Waals surface area (Å²) in [5.41, 5.74) is 0. The summed E-state index contributed by atoms with van der Waals surface area (Å²) in [6.45, 7) is 16.1. The predicted molar refractivity (Wildman–Crippen MR) is 207 cm³/mol. The van der Waals surface area contributed by atoms with Gasteiger partial charge < -0.3 is 14.7 Å². The Bertz CT molecular complexity index is 612. The van der Waals surface area contributed by atoms with Gasteiger partial charge in [0.2, 0.25) is 5.91 Å². The zero-order valence-electron chi connectivity index (χ0n) is 32.9. The molecule has 0 aromatic carbocycles. The molecule has 276 valence electrons. The lowest BCUT2D eigenvalue weighted by atomic mass is 9.92. The smallest absolute Gasteiger partial charge is 0.225 e. The fraction of sp³-hybridized carbons (Fsp3) is 0.976. The molecule has 0 aliphatic heterocycles. The van der Waals surface area contributed by atoms with E-state index >= 15 is 0 Å². The molecule has 1 unspecified atom stereocenters. The molecule has 46 heavy (non-hydrogen) atoms. The molecule has 1 amide bonds. The molecule has 0 saturated heterocycles. The first-order chi connectivity index (χ1) is 22.5. The van der Waals surface area contributed by atoms with E-state index in [0.29, 0.717) is 5.91 Å². The molecule has 0 aliphatic carbocycles. The maximum absolute atomic E-state index is 13.9. The molecule has 4 nitrogen and oxygen atoms in total. The van der Waals surface area contributed by atoms with Crippen LogP contribution in [0.3, 0.4) is 0 Å². The van der Waals surface area contributed by atoms with Crippen molar-refractivity contribution in [3.05, 3.63) is 0 Å². The number of amides is 1. The lowest BCUT2D eigenvalue weighted by Crippen LogP contribution is -2.38. The second-order valence-corrected chi connectivity index (χ2v) is 15.0. The van der Waals surface area contributed by atoms with Crippen LogP contribution in [0.1, 0.15) is 207 Å². The first kappa shape index (κ1) is 45.4. The zero-order chi connectivity index (χ0) is 33.9. The third kappa shape index (κ3) is 29.5. The van der Waals surface area contributed by atoms with E-state index in [1.165, 1.54) is 193 Å². The number of hydrogen-bond donors (Lipinski definition) is 0. The summed E-state index contributed by atoms with van der Waals surface area (Å²) in [6, 6.07) is 0. The van der Waals surface area contributed by atoms with Crippen LogP contribution in [0.25, 0.3) is 0 Å². The monoisotopic (exact) mass is 650 g/mol. The molecule has 0 bridgehead atoms. The van der Waals surface area contributed by atoms with Gasteiger partial charge in [-0.2, -0.15) is 0 Å². The van der Waals surface area contributed by atoms with Gasteiger partial charge in [0.1, 0.15) is 0 Å². The van der Waals surface area contributed by atoms with Crippen LogP contribution in [0.2, 0.25) is 0 Å². The van der Waals surface area contributed by atoms with E-state index in [-0.39, 0.29) is 5.92 Å². The van der Waals surface area contributed by atoms with E-state index in [2.05, 4.69) is 56.5 Å². The Kier molecular flexibility index (Phi) is 35.2. The fourth-order valence-electron chi connectivity index (χ4n) is 6.89. The largest absolute Gasteiger partial charge is 0.342 e. The molecular weight excluding hydrogens is 562 g/mol. The van der Waals surface area contributed by atoms with E-state index in [1.807, 2.05) is 0 Å². The maximum Gasteiger partial charge on any atom is 0.225 e. The van der Waals surface area contributed by atoms with Crippen molar-refractivity contribution in [1.82, 2.24) is 14.7 Å². The van der Waals surface area contributed by atoms with E-state index in [0.717, 1.165) is 25.9 Å². The van der Waals surface area contributed by atoms with Crippen molar-refractivity contribution in [2.75, 3.05) is 53.4 Å². The molecule has 0 fully saturated rings. The van der Waals surface area contributed by atoms with Gasteiger partial charge in [0.25, 0.3) is 0 Å². The van der Waals surface area contributed by atoms with Gasteiger partial charge in [-0.25, -0.2) is 0 Å². The summed E-state index contributed by atoms with van der Waals surface area (Å²) in [7, 11) is 4.61. The number of unbranched alkanes of at least 4 members (excludes halogenated alkanes) is 20. The van der Waals surface area contributed by atoms with Gasteiger partial charge in [0.15, 0.2) is 0 Å². The Labute approximate surface area is 291 Å². The fourth-order valence-corrected chi connectivity index (χ4v) is 6.89. The van der Waals surface area contributed by atoms with Crippen molar-refractivity contribution in [3.8, 4) is 0 Å². The topological polar surface area (TPSA) is 26.8 Å². The van der Waals surface area contributed by atoms with Crippen molar-refractivity contribution in [2.45, 2.75) is 207 Å². The summed E-state index contributed by atoms with van der Waals surface area (Å²) < 4.78 is 0. The van der Waals surface area contributed by atoms with Crippen LogP contribution >= 0.6 is 0 Å². The molecule has 0 heterocycles. The number of carbonyl (C=O) groups is 1. The predicted octanol–water partition coefficient (Wildman–Crippen LogP) is 12.3.